The highest BCUT2D eigenvalue weighted by Gasteiger charge is 2.45. The van der Waals surface area contributed by atoms with Gasteiger partial charge in [-0.2, -0.15) is 4.98 Å². The van der Waals surface area contributed by atoms with Gasteiger partial charge in [0.2, 0.25) is 0 Å². The van der Waals surface area contributed by atoms with Crippen molar-refractivity contribution in [3.63, 3.8) is 0 Å². The summed E-state index contributed by atoms with van der Waals surface area (Å²) >= 11 is 1.09. The molecule has 0 aromatic carbocycles. The van der Waals surface area contributed by atoms with Crippen molar-refractivity contribution < 1.29 is 9.90 Å². The molecule has 0 radical (unpaired) electrons. The van der Waals surface area contributed by atoms with E-state index < -0.39 is 5.97 Å². The number of thioether (sulfide) groups is 1. The SMILES string of the molecule is CC1(C)CC1Cn1ccc(=O)nc1SCC(=O)O. The summed E-state index contributed by atoms with van der Waals surface area (Å²) in [6.07, 6.45) is 2.86. The molecule has 1 atom stereocenters. The molecule has 98 valence electrons. The Balaban J connectivity index is 2.13. The first-order valence-electron chi connectivity index (χ1n) is 5.80. The molecule has 0 bridgehead atoms. The van der Waals surface area contributed by atoms with Gasteiger partial charge in [0.1, 0.15) is 0 Å². The summed E-state index contributed by atoms with van der Waals surface area (Å²) in [7, 11) is 0. The largest absolute Gasteiger partial charge is 0.481 e. The highest BCUT2D eigenvalue weighted by atomic mass is 32.2. The third-order valence-electron chi connectivity index (χ3n) is 3.31. The molecule has 1 fully saturated rings. The summed E-state index contributed by atoms with van der Waals surface area (Å²) in [6, 6.07) is 1.42. The van der Waals surface area contributed by atoms with Crippen LogP contribution in [0.1, 0.15) is 20.3 Å². The first-order valence-corrected chi connectivity index (χ1v) is 6.79. The van der Waals surface area contributed by atoms with E-state index in [1.807, 2.05) is 4.57 Å². The quantitative estimate of drug-likeness (QED) is 0.646. The molecule has 1 aliphatic carbocycles. The molecule has 2 rings (SSSR count). The Labute approximate surface area is 109 Å². The minimum Gasteiger partial charge on any atom is -0.481 e. The fourth-order valence-corrected chi connectivity index (χ4v) is 2.63. The Kier molecular flexibility index (Phi) is 3.47. The van der Waals surface area contributed by atoms with Crippen molar-refractivity contribution in [3.8, 4) is 0 Å². The molecule has 1 heterocycles. The zero-order chi connectivity index (χ0) is 13.3. The molecular weight excluding hydrogens is 252 g/mol. The molecule has 1 aromatic rings. The van der Waals surface area contributed by atoms with Crippen LogP contribution in [-0.2, 0) is 11.3 Å². The summed E-state index contributed by atoms with van der Waals surface area (Å²) in [5, 5.41) is 9.17. The van der Waals surface area contributed by atoms with E-state index in [-0.39, 0.29) is 11.3 Å². The number of aliphatic carboxylic acids is 1. The van der Waals surface area contributed by atoms with Gasteiger partial charge in [-0.15, -0.1) is 0 Å². The molecule has 1 aromatic heterocycles. The molecule has 0 spiro atoms. The molecule has 0 aliphatic heterocycles. The molecular formula is C12H16N2O3S. The Morgan fingerprint density at radius 3 is 2.89 bits per heavy atom. The van der Waals surface area contributed by atoms with Crippen LogP contribution in [0.25, 0.3) is 0 Å². The van der Waals surface area contributed by atoms with Crippen LogP contribution in [0.3, 0.4) is 0 Å². The van der Waals surface area contributed by atoms with E-state index >= 15 is 0 Å². The standard InChI is InChI=1S/C12H16N2O3S/c1-12(2)5-8(12)6-14-4-3-9(15)13-11(14)18-7-10(16)17/h3-4,8H,5-7H2,1-2H3,(H,16,17). The third-order valence-corrected chi connectivity index (χ3v) is 4.28. The Hall–Kier alpha value is -1.30. The van der Waals surface area contributed by atoms with Crippen molar-refractivity contribution >= 4 is 17.7 Å². The van der Waals surface area contributed by atoms with Gasteiger partial charge in [0.25, 0.3) is 5.56 Å². The maximum Gasteiger partial charge on any atom is 0.313 e. The summed E-state index contributed by atoms with van der Waals surface area (Å²) < 4.78 is 1.88. The van der Waals surface area contributed by atoms with Crippen molar-refractivity contribution in [2.45, 2.75) is 32.0 Å². The second kappa shape index (κ2) is 4.76. The zero-order valence-electron chi connectivity index (χ0n) is 10.4. The van der Waals surface area contributed by atoms with Crippen molar-refractivity contribution in [2.75, 3.05) is 5.75 Å². The second-order valence-corrected chi connectivity index (χ2v) is 6.22. The predicted octanol–water partition coefficient (Wildman–Crippen LogP) is 1.47. The van der Waals surface area contributed by atoms with Gasteiger partial charge >= 0.3 is 5.97 Å². The van der Waals surface area contributed by atoms with E-state index in [4.69, 9.17) is 5.11 Å². The monoisotopic (exact) mass is 268 g/mol. The highest BCUT2D eigenvalue weighted by molar-refractivity contribution is 7.99. The van der Waals surface area contributed by atoms with E-state index in [1.165, 1.54) is 6.07 Å². The highest BCUT2D eigenvalue weighted by Crippen LogP contribution is 2.52. The normalized spacial score (nSPS) is 20.7. The van der Waals surface area contributed by atoms with Crippen molar-refractivity contribution in [2.24, 2.45) is 11.3 Å². The molecule has 1 aliphatic rings. The zero-order valence-corrected chi connectivity index (χ0v) is 11.2. The van der Waals surface area contributed by atoms with Gasteiger partial charge in [-0.25, -0.2) is 0 Å². The number of hydrogen-bond acceptors (Lipinski definition) is 4. The maximum absolute atomic E-state index is 11.2. The number of aromatic nitrogens is 2. The van der Waals surface area contributed by atoms with Crippen LogP contribution < -0.4 is 5.56 Å². The summed E-state index contributed by atoms with van der Waals surface area (Å²) in [5.41, 5.74) is 0.0203. The molecule has 1 N–H and O–H groups in total. The number of hydrogen-bond donors (Lipinski definition) is 1. The molecule has 1 saturated carbocycles. The molecule has 18 heavy (non-hydrogen) atoms. The van der Waals surface area contributed by atoms with Crippen LogP contribution in [0, 0.1) is 11.3 Å². The van der Waals surface area contributed by atoms with Gasteiger partial charge in [-0.1, -0.05) is 25.6 Å². The van der Waals surface area contributed by atoms with Crippen LogP contribution in [0.4, 0.5) is 0 Å². The summed E-state index contributed by atoms with van der Waals surface area (Å²) in [4.78, 5) is 25.7. The van der Waals surface area contributed by atoms with E-state index in [0.717, 1.165) is 24.7 Å². The van der Waals surface area contributed by atoms with Crippen LogP contribution in [0.2, 0.25) is 0 Å². The lowest BCUT2D eigenvalue weighted by molar-refractivity contribution is -0.133. The van der Waals surface area contributed by atoms with E-state index in [9.17, 15) is 9.59 Å². The molecule has 1 unspecified atom stereocenters. The fraction of sp³-hybridized carbons (Fsp3) is 0.583. The molecule has 0 saturated heterocycles. The molecule has 6 heteroatoms. The lowest BCUT2D eigenvalue weighted by Gasteiger charge is -2.11. The average Bonchev–Trinajstić information content (AvgIpc) is 2.86. The van der Waals surface area contributed by atoms with Gasteiger partial charge in [-0.3, -0.25) is 9.59 Å². The first-order chi connectivity index (χ1) is 8.38. The van der Waals surface area contributed by atoms with Crippen LogP contribution in [0.5, 0.6) is 0 Å². The summed E-state index contributed by atoms with van der Waals surface area (Å²) in [6.45, 7) is 5.21. The van der Waals surface area contributed by atoms with E-state index in [2.05, 4.69) is 18.8 Å². The van der Waals surface area contributed by atoms with E-state index in [1.54, 1.807) is 6.20 Å². The van der Waals surface area contributed by atoms with Gasteiger partial charge < -0.3 is 9.67 Å². The fourth-order valence-electron chi connectivity index (χ4n) is 1.92. The Bertz CT molecular complexity index is 524. The smallest absolute Gasteiger partial charge is 0.313 e. The van der Waals surface area contributed by atoms with Crippen LogP contribution >= 0.6 is 11.8 Å². The topological polar surface area (TPSA) is 72.2 Å². The van der Waals surface area contributed by atoms with Crippen molar-refractivity contribution in [3.05, 3.63) is 22.6 Å². The molecule has 0 amide bonds. The van der Waals surface area contributed by atoms with Gasteiger partial charge in [-0.05, 0) is 17.8 Å². The number of carbonyl (C=O) groups is 1. The lowest BCUT2D eigenvalue weighted by Crippen LogP contribution is -2.16. The predicted molar refractivity (Wildman–Crippen MR) is 68.7 cm³/mol. The molecule has 5 nitrogen and oxygen atoms in total. The third kappa shape index (κ3) is 3.13. The van der Waals surface area contributed by atoms with Crippen molar-refractivity contribution in [1.29, 1.82) is 0 Å². The van der Waals surface area contributed by atoms with Crippen LogP contribution in [0.15, 0.2) is 22.2 Å². The number of nitrogens with zero attached hydrogens (tertiary/aromatic N) is 2. The minimum absolute atomic E-state index is 0.0789. The number of carboxylic acids is 1. The van der Waals surface area contributed by atoms with Crippen molar-refractivity contribution in [1.82, 2.24) is 9.55 Å². The maximum atomic E-state index is 11.2. The Morgan fingerprint density at radius 2 is 2.33 bits per heavy atom. The number of rotatable bonds is 5. The van der Waals surface area contributed by atoms with Gasteiger partial charge in [0.15, 0.2) is 5.16 Å². The number of carboxylic acid groups (broad SMARTS) is 1. The minimum atomic E-state index is -0.906. The average molecular weight is 268 g/mol. The first kappa shape index (κ1) is 13.1. The Morgan fingerprint density at radius 1 is 1.67 bits per heavy atom. The lowest BCUT2D eigenvalue weighted by atomic mass is 10.1. The van der Waals surface area contributed by atoms with Crippen LogP contribution in [-0.4, -0.2) is 26.4 Å². The van der Waals surface area contributed by atoms with Gasteiger partial charge in [0, 0.05) is 18.8 Å². The van der Waals surface area contributed by atoms with Gasteiger partial charge in [0.05, 0.1) is 5.75 Å². The second-order valence-electron chi connectivity index (χ2n) is 5.27. The summed E-state index contributed by atoms with van der Waals surface area (Å²) in [5.74, 6) is -0.410. The van der Waals surface area contributed by atoms with E-state index in [0.29, 0.717) is 16.5 Å².